The van der Waals surface area contributed by atoms with E-state index in [0.29, 0.717) is 17.3 Å². The summed E-state index contributed by atoms with van der Waals surface area (Å²) >= 11 is 3.41. The van der Waals surface area contributed by atoms with E-state index in [-0.39, 0.29) is 6.61 Å². The van der Waals surface area contributed by atoms with Crippen LogP contribution in [0.15, 0.2) is 77.4 Å². The van der Waals surface area contributed by atoms with Crippen molar-refractivity contribution in [2.45, 2.75) is 6.61 Å². The van der Waals surface area contributed by atoms with Gasteiger partial charge in [0.05, 0.1) is 10.2 Å². The summed E-state index contributed by atoms with van der Waals surface area (Å²) in [5.74, 6) is 1.01. The molecular weight excluding hydrogens is 384 g/mol. The Kier molecular flexibility index (Phi) is 5.64. The predicted molar refractivity (Wildman–Crippen MR) is 98.7 cm³/mol. The lowest BCUT2D eigenvalue weighted by molar-refractivity contribution is 0.155. The summed E-state index contributed by atoms with van der Waals surface area (Å²) < 4.78 is 11.7. The number of nitrogens with zero attached hydrogens (tertiary/aromatic N) is 1. The van der Waals surface area contributed by atoms with Crippen LogP contribution in [0, 0.1) is 0 Å². The van der Waals surface area contributed by atoms with E-state index in [1.165, 1.54) is 0 Å². The quantitative estimate of drug-likeness (QED) is 0.626. The minimum absolute atomic E-state index is 0.206. The Morgan fingerprint density at radius 1 is 1.04 bits per heavy atom. The van der Waals surface area contributed by atoms with Crippen molar-refractivity contribution in [3.05, 3.63) is 83.0 Å². The van der Waals surface area contributed by atoms with E-state index in [9.17, 15) is 4.79 Å². The lowest BCUT2D eigenvalue weighted by Crippen LogP contribution is -2.13. The van der Waals surface area contributed by atoms with E-state index in [2.05, 4.69) is 26.2 Å². The van der Waals surface area contributed by atoms with Crippen LogP contribution in [0.1, 0.15) is 5.56 Å². The van der Waals surface area contributed by atoms with Gasteiger partial charge in [0.15, 0.2) is 0 Å². The lowest BCUT2D eigenvalue weighted by atomic mass is 10.2. The van der Waals surface area contributed by atoms with Crippen LogP contribution in [-0.2, 0) is 11.3 Å². The van der Waals surface area contributed by atoms with Gasteiger partial charge in [-0.05, 0) is 39.7 Å². The molecule has 0 unspecified atom stereocenters. The second kappa shape index (κ2) is 8.30. The molecule has 0 atom stereocenters. The molecule has 0 aliphatic rings. The molecule has 0 fully saturated rings. The van der Waals surface area contributed by atoms with Crippen molar-refractivity contribution in [2.75, 3.05) is 5.32 Å². The molecule has 0 aliphatic carbocycles. The van der Waals surface area contributed by atoms with Crippen LogP contribution in [0.2, 0.25) is 0 Å². The van der Waals surface area contributed by atoms with Crippen molar-refractivity contribution < 1.29 is 14.3 Å². The van der Waals surface area contributed by atoms with Gasteiger partial charge in [0, 0.05) is 12.3 Å². The van der Waals surface area contributed by atoms with Gasteiger partial charge in [0.25, 0.3) is 0 Å². The number of hydrogen-bond donors (Lipinski definition) is 1. The van der Waals surface area contributed by atoms with E-state index in [0.717, 1.165) is 10.0 Å². The number of ether oxygens (including phenoxy) is 2. The van der Waals surface area contributed by atoms with Gasteiger partial charge in [-0.25, -0.2) is 9.78 Å². The second-order valence-corrected chi connectivity index (χ2v) is 5.96. The van der Waals surface area contributed by atoms with E-state index in [4.69, 9.17) is 9.47 Å². The van der Waals surface area contributed by atoms with Crippen LogP contribution >= 0.6 is 15.9 Å². The minimum Gasteiger partial charge on any atom is -0.444 e. The van der Waals surface area contributed by atoms with E-state index < -0.39 is 6.09 Å². The maximum atomic E-state index is 11.9. The molecular formula is C19H15BrN2O3. The van der Waals surface area contributed by atoms with Gasteiger partial charge in [0.2, 0.25) is 5.88 Å². The van der Waals surface area contributed by atoms with Gasteiger partial charge >= 0.3 is 6.09 Å². The van der Waals surface area contributed by atoms with Gasteiger partial charge in [-0.2, -0.15) is 0 Å². The largest absolute Gasteiger partial charge is 0.444 e. The molecule has 0 aliphatic heterocycles. The standard InChI is InChI=1S/C19H15BrN2O3/c20-16-8-4-5-9-17(16)25-18-12-15(10-11-21-18)22-19(23)24-13-14-6-2-1-3-7-14/h1-12H,13H2,(H,21,22,23). The van der Waals surface area contributed by atoms with Crippen LogP contribution in [-0.4, -0.2) is 11.1 Å². The number of carbonyl (C=O) groups is 1. The Labute approximate surface area is 153 Å². The summed E-state index contributed by atoms with van der Waals surface area (Å²) in [6.45, 7) is 0.206. The van der Waals surface area contributed by atoms with Crippen LogP contribution in [0.4, 0.5) is 10.5 Å². The van der Waals surface area contributed by atoms with Gasteiger partial charge < -0.3 is 9.47 Å². The van der Waals surface area contributed by atoms with Gasteiger partial charge in [0.1, 0.15) is 12.4 Å². The highest BCUT2D eigenvalue weighted by atomic mass is 79.9. The van der Waals surface area contributed by atoms with E-state index in [1.807, 2.05) is 54.6 Å². The zero-order valence-corrected chi connectivity index (χ0v) is 14.8. The smallest absolute Gasteiger partial charge is 0.411 e. The minimum atomic E-state index is -0.540. The topological polar surface area (TPSA) is 60.5 Å². The average molecular weight is 399 g/mol. The highest BCUT2D eigenvalue weighted by Crippen LogP contribution is 2.29. The fraction of sp³-hybridized carbons (Fsp3) is 0.0526. The molecule has 0 spiro atoms. The van der Waals surface area contributed by atoms with E-state index in [1.54, 1.807) is 18.3 Å². The predicted octanol–water partition coefficient (Wildman–Crippen LogP) is 5.39. The first-order valence-corrected chi connectivity index (χ1v) is 8.36. The van der Waals surface area contributed by atoms with Gasteiger partial charge in [-0.1, -0.05) is 42.5 Å². The summed E-state index contributed by atoms with van der Waals surface area (Å²) in [5, 5.41) is 2.66. The van der Waals surface area contributed by atoms with Crippen molar-refractivity contribution in [3.8, 4) is 11.6 Å². The number of pyridine rings is 1. The zero-order chi connectivity index (χ0) is 17.5. The molecule has 0 bridgehead atoms. The number of rotatable bonds is 5. The summed E-state index contributed by atoms with van der Waals surface area (Å²) in [6.07, 6.45) is 1.01. The number of anilines is 1. The molecule has 0 radical (unpaired) electrons. The Morgan fingerprint density at radius 3 is 2.60 bits per heavy atom. The number of nitrogens with one attached hydrogen (secondary N) is 1. The molecule has 25 heavy (non-hydrogen) atoms. The van der Waals surface area contributed by atoms with Crippen molar-refractivity contribution in [1.29, 1.82) is 0 Å². The highest BCUT2D eigenvalue weighted by Gasteiger charge is 2.07. The van der Waals surface area contributed by atoms with Crippen LogP contribution < -0.4 is 10.1 Å². The Balaban J connectivity index is 1.59. The third-order valence-corrected chi connectivity index (χ3v) is 3.90. The van der Waals surface area contributed by atoms with Crippen molar-refractivity contribution in [2.24, 2.45) is 0 Å². The number of benzene rings is 2. The average Bonchev–Trinajstić information content (AvgIpc) is 2.63. The lowest BCUT2D eigenvalue weighted by Gasteiger charge is -2.09. The summed E-state index contributed by atoms with van der Waals surface area (Å²) in [7, 11) is 0. The summed E-state index contributed by atoms with van der Waals surface area (Å²) in [6, 6.07) is 20.2. The molecule has 126 valence electrons. The third kappa shape index (κ3) is 5.06. The zero-order valence-electron chi connectivity index (χ0n) is 13.2. The molecule has 1 N–H and O–H groups in total. The Bertz CT molecular complexity index is 856. The molecule has 0 saturated carbocycles. The number of amides is 1. The fourth-order valence-corrected chi connectivity index (χ4v) is 2.43. The highest BCUT2D eigenvalue weighted by molar-refractivity contribution is 9.10. The van der Waals surface area contributed by atoms with E-state index >= 15 is 0 Å². The molecule has 1 aromatic heterocycles. The number of halogens is 1. The first-order chi connectivity index (χ1) is 12.2. The maximum Gasteiger partial charge on any atom is 0.411 e. The molecule has 0 saturated heterocycles. The van der Waals surface area contributed by atoms with Gasteiger partial charge in [-0.3, -0.25) is 5.32 Å². The molecule has 6 heteroatoms. The molecule has 2 aromatic carbocycles. The summed E-state index contributed by atoms with van der Waals surface area (Å²) in [5.41, 5.74) is 1.46. The third-order valence-electron chi connectivity index (χ3n) is 3.25. The number of hydrogen-bond acceptors (Lipinski definition) is 4. The molecule has 5 nitrogen and oxygen atoms in total. The normalized spacial score (nSPS) is 10.1. The second-order valence-electron chi connectivity index (χ2n) is 5.10. The molecule has 3 aromatic rings. The number of para-hydroxylation sites is 1. The van der Waals surface area contributed by atoms with Crippen molar-refractivity contribution >= 4 is 27.7 Å². The van der Waals surface area contributed by atoms with Crippen LogP contribution in [0.3, 0.4) is 0 Å². The van der Waals surface area contributed by atoms with Gasteiger partial charge in [-0.15, -0.1) is 0 Å². The molecule has 3 rings (SSSR count). The SMILES string of the molecule is O=C(Nc1ccnc(Oc2ccccc2Br)c1)OCc1ccccc1. The van der Waals surface area contributed by atoms with Crippen molar-refractivity contribution in [3.63, 3.8) is 0 Å². The first kappa shape index (κ1) is 17.0. The van der Waals surface area contributed by atoms with Crippen LogP contribution in [0.25, 0.3) is 0 Å². The fourth-order valence-electron chi connectivity index (χ4n) is 2.06. The molecule has 1 heterocycles. The van der Waals surface area contributed by atoms with Crippen LogP contribution in [0.5, 0.6) is 11.6 Å². The maximum absolute atomic E-state index is 11.9. The van der Waals surface area contributed by atoms with Crippen molar-refractivity contribution in [1.82, 2.24) is 4.98 Å². The monoisotopic (exact) mass is 398 g/mol. The number of carbonyl (C=O) groups excluding carboxylic acids is 1. The Morgan fingerprint density at radius 2 is 1.80 bits per heavy atom. The Hall–Kier alpha value is -2.86. The summed E-state index contributed by atoms with van der Waals surface area (Å²) in [4.78, 5) is 16.0. The number of aromatic nitrogens is 1. The molecule has 1 amide bonds. The first-order valence-electron chi connectivity index (χ1n) is 7.57.